The quantitative estimate of drug-likeness (QED) is 0.844. The molecule has 0 spiro atoms. The number of carbonyl (C=O) groups is 1. The maximum atomic E-state index is 12.2. The van der Waals surface area contributed by atoms with Crippen molar-refractivity contribution >= 4 is 17.7 Å². The van der Waals surface area contributed by atoms with Gasteiger partial charge in [0.15, 0.2) is 0 Å². The number of nitrogens with one attached hydrogen (secondary N) is 1. The highest BCUT2D eigenvalue weighted by molar-refractivity contribution is 7.99. The van der Waals surface area contributed by atoms with Gasteiger partial charge in [-0.15, -0.1) is 0 Å². The lowest BCUT2D eigenvalue weighted by molar-refractivity contribution is -0.105. The minimum absolute atomic E-state index is 0.153. The van der Waals surface area contributed by atoms with Gasteiger partial charge in [0.2, 0.25) is 0 Å². The molecule has 0 aromatic carbocycles. The molecule has 1 atom stereocenters. The second-order valence-electron chi connectivity index (χ2n) is 4.74. The van der Waals surface area contributed by atoms with Gasteiger partial charge in [-0.3, -0.25) is 9.78 Å². The van der Waals surface area contributed by atoms with E-state index in [2.05, 4.69) is 15.3 Å². The number of hydrogen-bond acceptors (Lipinski definition) is 4. The standard InChI is InChI=1S/C15H14F3N3OS/c1-10(12-4-2-3-6-19-12)21-14(22)11-5-7-20-13(8-11)23-9-15(16,17)18/h2-8,10H,9H2,1H3,(H,21,22)/t10-/m1/s1. The highest BCUT2D eigenvalue weighted by Crippen LogP contribution is 2.26. The van der Waals surface area contributed by atoms with Crippen LogP contribution in [0.1, 0.15) is 29.0 Å². The van der Waals surface area contributed by atoms with Gasteiger partial charge in [0.05, 0.1) is 22.5 Å². The molecule has 0 radical (unpaired) electrons. The van der Waals surface area contributed by atoms with Crippen LogP contribution in [0.2, 0.25) is 0 Å². The van der Waals surface area contributed by atoms with Crippen LogP contribution in [-0.2, 0) is 0 Å². The average molecular weight is 341 g/mol. The van der Waals surface area contributed by atoms with Crippen molar-refractivity contribution in [2.24, 2.45) is 0 Å². The van der Waals surface area contributed by atoms with Crippen LogP contribution in [0.3, 0.4) is 0 Å². The molecular formula is C15H14F3N3OS. The van der Waals surface area contributed by atoms with Crippen molar-refractivity contribution in [2.75, 3.05) is 5.75 Å². The fraction of sp³-hybridized carbons (Fsp3) is 0.267. The van der Waals surface area contributed by atoms with Crippen molar-refractivity contribution in [3.05, 3.63) is 54.0 Å². The van der Waals surface area contributed by atoms with E-state index >= 15 is 0 Å². The molecule has 2 aromatic heterocycles. The molecule has 8 heteroatoms. The van der Waals surface area contributed by atoms with Gasteiger partial charge in [-0.25, -0.2) is 4.98 Å². The summed E-state index contributed by atoms with van der Waals surface area (Å²) in [5.41, 5.74) is 0.953. The van der Waals surface area contributed by atoms with Crippen molar-refractivity contribution in [1.82, 2.24) is 15.3 Å². The minimum atomic E-state index is -4.28. The van der Waals surface area contributed by atoms with Gasteiger partial charge in [0.25, 0.3) is 5.91 Å². The van der Waals surface area contributed by atoms with E-state index in [9.17, 15) is 18.0 Å². The molecule has 1 amide bonds. The summed E-state index contributed by atoms with van der Waals surface area (Å²) in [6, 6.07) is 7.84. The van der Waals surface area contributed by atoms with Crippen LogP contribution in [0.25, 0.3) is 0 Å². The highest BCUT2D eigenvalue weighted by atomic mass is 32.2. The zero-order valence-corrected chi connectivity index (χ0v) is 13.0. The molecule has 4 nitrogen and oxygen atoms in total. The number of pyridine rings is 2. The smallest absolute Gasteiger partial charge is 0.344 e. The van der Waals surface area contributed by atoms with Crippen molar-refractivity contribution in [3.63, 3.8) is 0 Å². The molecule has 2 aromatic rings. The number of halogens is 3. The monoisotopic (exact) mass is 341 g/mol. The zero-order chi connectivity index (χ0) is 16.9. The van der Waals surface area contributed by atoms with E-state index in [0.29, 0.717) is 17.5 Å². The first-order valence-electron chi connectivity index (χ1n) is 6.72. The van der Waals surface area contributed by atoms with Crippen LogP contribution in [0.4, 0.5) is 13.2 Å². The van der Waals surface area contributed by atoms with Gasteiger partial charge >= 0.3 is 6.18 Å². The third-order valence-corrected chi connectivity index (χ3v) is 3.85. The first-order chi connectivity index (χ1) is 10.8. The SMILES string of the molecule is C[C@@H](NC(=O)c1ccnc(SCC(F)(F)F)c1)c1ccccn1. The van der Waals surface area contributed by atoms with E-state index in [4.69, 9.17) is 0 Å². The largest absolute Gasteiger partial charge is 0.398 e. The number of amides is 1. The highest BCUT2D eigenvalue weighted by Gasteiger charge is 2.27. The molecule has 0 aliphatic rings. The van der Waals surface area contributed by atoms with Crippen LogP contribution in [0.5, 0.6) is 0 Å². The Morgan fingerprint density at radius 3 is 2.70 bits per heavy atom. The molecule has 0 aliphatic heterocycles. The maximum absolute atomic E-state index is 12.2. The summed E-state index contributed by atoms with van der Waals surface area (Å²) >= 11 is 0.546. The predicted molar refractivity (Wildman–Crippen MR) is 81.1 cm³/mol. The molecule has 122 valence electrons. The molecular weight excluding hydrogens is 327 g/mol. The first-order valence-corrected chi connectivity index (χ1v) is 7.71. The number of rotatable bonds is 5. The second kappa shape index (κ2) is 7.45. The normalized spacial score (nSPS) is 12.7. The molecule has 0 saturated carbocycles. The molecule has 2 rings (SSSR count). The van der Waals surface area contributed by atoms with E-state index < -0.39 is 11.9 Å². The van der Waals surface area contributed by atoms with E-state index in [1.807, 2.05) is 6.07 Å². The number of aromatic nitrogens is 2. The molecule has 0 saturated heterocycles. The number of hydrogen-bond donors (Lipinski definition) is 1. The summed E-state index contributed by atoms with van der Waals surface area (Å²) < 4.78 is 36.7. The molecule has 0 bridgehead atoms. The Morgan fingerprint density at radius 2 is 2.04 bits per heavy atom. The van der Waals surface area contributed by atoms with E-state index in [-0.39, 0.29) is 22.5 Å². The van der Waals surface area contributed by atoms with Crippen molar-refractivity contribution in [2.45, 2.75) is 24.2 Å². The minimum Gasteiger partial charge on any atom is -0.344 e. The van der Waals surface area contributed by atoms with Crippen LogP contribution in [0, 0.1) is 0 Å². The molecule has 1 N–H and O–H groups in total. The summed E-state index contributed by atoms with van der Waals surface area (Å²) in [6.07, 6.45) is -1.34. The Morgan fingerprint density at radius 1 is 1.26 bits per heavy atom. The Labute approximate surface area is 135 Å². The van der Waals surface area contributed by atoms with Gasteiger partial charge in [-0.1, -0.05) is 17.8 Å². The number of alkyl halides is 3. The fourth-order valence-electron chi connectivity index (χ4n) is 1.77. The number of thioether (sulfide) groups is 1. The van der Waals surface area contributed by atoms with Gasteiger partial charge in [-0.05, 0) is 31.2 Å². The average Bonchev–Trinajstić information content (AvgIpc) is 2.53. The zero-order valence-electron chi connectivity index (χ0n) is 12.2. The van der Waals surface area contributed by atoms with Crippen molar-refractivity contribution in [3.8, 4) is 0 Å². The molecule has 23 heavy (non-hydrogen) atoms. The lowest BCUT2D eigenvalue weighted by Gasteiger charge is -2.13. The first kappa shape index (κ1) is 17.3. The molecule has 0 unspecified atom stereocenters. The van der Waals surface area contributed by atoms with E-state index in [1.165, 1.54) is 18.3 Å². The second-order valence-corrected chi connectivity index (χ2v) is 5.73. The van der Waals surface area contributed by atoms with Crippen LogP contribution >= 0.6 is 11.8 Å². The topological polar surface area (TPSA) is 54.9 Å². The van der Waals surface area contributed by atoms with Crippen molar-refractivity contribution in [1.29, 1.82) is 0 Å². The lowest BCUT2D eigenvalue weighted by atomic mass is 10.2. The summed E-state index contributed by atoms with van der Waals surface area (Å²) in [5.74, 6) is -1.44. The van der Waals surface area contributed by atoms with Gasteiger partial charge in [-0.2, -0.15) is 13.2 Å². The lowest BCUT2D eigenvalue weighted by Crippen LogP contribution is -2.27. The third kappa shape index (κ3) is 5.55. The molecule has 0 aliphatic carbocycles. The number of nitrogens with zero attached hydrogens (tertiary/aromatic N) is 2. The van der Waals surface area contributed by atoms with Gasteiger partial charge < -0.3 is 5.32 Å². The van der Waals surface area contributed by atoms with E-state index in [1.54, 1.807) is 25.3 Å². The predicted octanol–water partition coefficient (Wildman–Crippen LogP) is 3.62. The Balaban J connectivity index is 2.02. The summed E-state index contributed by atoms with van der Waals surface area (Å²) in [6.45, 7) is 1.78. The Bertz CT molecular complexity index is 665. The van der Waals surface area contributed by atoms with Crippen LogP contribution in [-0.4, -0.2) is 27.8 Å². The Kier molecular flexibility index (Phi) is 5.59. The van der Waals surface area contributed by atoms with Gasteiger partial charge in [0.1, 0.15) is 0 Å². The molecule has 0 fully saturated rings. The maximum Gasteiger partial charge on any atom is 0.398 e. The number of carbonyl (C=O) groups excluding carboxylic acids is 1. The van der Waals surface area contributed by atoms with Crippen LogP contribution in [0.15, 0.2) is 47.8 Å². The van der Waals surface area contributed by atoms with Crippen molar-refractivity contribution < 1.29 is 18.0 Å². The van der Waals surface area contributed by atoms with Crippen LogP contribution < -0.4 is 5.32 Å². The summed E-state index contributed by atoms with van der Waals surface area (Å²) in [7, 11) is 0. The summed E-state index contributed by atoms with van der Waals surface area (Å²) in [4.78, 5) is 20.2. The van der Waals surface area contributed by atoms with E-state index in [0.717, 1.165) is 0 Å². The van der Waals surface area contributed by atoms with Gasteiger partial charge in [0, 0.05) is 18.0 Å². The third-order valence-electron chi connectivity index (χ3n) is 2.86. The summed E-state index contributed by atoms with van der Waals surface area (Å²) in [5, 5.41) is 2.90. The molecule has 2 heterocycles. The fourth-order valence-corrected chi connectivity index (χ4v) is 2.43. The Hall–Kier alpha value is -2.09.